The van der Waals surface area contributed by atoms with Crippen LogP contribution in [0.1, 0.15) is 12.8 Å². The average Bonchev–Trinajstić information content (AvgIpc) is 2.15. The first-order valence-corrected chi connectivity index (χ1v) is 3.83. The van der Waals surface area contributed by atoms with Gasteiger partial charge in [-0.1, -0.05) is 5.92 Å². The highest BCUT2D eigenvalue weighted by molar-refractivity contribution is 5.59. The number of nitriles is 1. The van der Waals surface area contributed by atoms with Gasteiger partial charge in [0.25, 0.3) is 0 Å². The lowest BCUT2D eigenvalue weighted by atomic mass is 10.0. The Morgan fingerprint density at radius 2 is 2.58 bits per heavy atom. The van der Waals surface area contributed by atoms with Gasteiger partial charge in [0.15, 0.2) is 0 Å². The molecule has 1 rings (SSSR count). The van der Waals surface area contributed by atoms with E-state index in [4.69, 9.17) is 16.4 Å². The molecule has 0 aliphatic carbocycles. The summed E-state index contributed by atoms with van der Waals surface area (Å²) in [5.74, 6) is 2.40. The first-order chi connectivity index (χ1) is 5.86. The summed E-state index contributed by atoms with van der Waals surface area (Å²) in [7, 11) is 0. The molecule has 1 aliphatic heterocycles. The van der Waals surface area contributed by atoms with Gasteiger partial charge >= 0.3 is 0 Å². The second-order valence-electron chi connectivity index (χ2n) is 2.60. The quantitative estimate of drug-likeness (QED) is 0.568. The standard InChI is InChI=1S/C9H10N2O/c1-2-5-12-9-6-8(7-10)3-4-11-9/h1,4,8-9H,3,5-6H2. The maximum absolute atomic E-state index is 8.63. The monoisotopic (exact) mass is 162 g/mol. The molecule has 0 aromatic rings. The SMILES string of the molecule is C#CCOC1CC(C#N)CC=N1. The molecule has 3 heteroatoms. The summed E-state index contributed by atoms with van der Waals surface area (Å²) < 4.78 is 5.18. The van der Waals surface area contributed by atoms with Crippen LogP contribution in [0, 0.1) is 29.6 Å². The molecule has 0 aromatic heterocycles. The van der Waals surface area contributed by atoms with Gasteiger partial charge in [-0.05, 0) is 6.42 Å². The fraction of sp³-hybridized carbons (Fsp3) is 0.556. The molecule has 0 N–H and O–H groups in total. The minimum absolute atomic E-state index is 0.0327. The summed E-state index contributed by atoms with van der Waals surface area (Å²) in [6.45, 7) is 0.264. The molecule has 0 spiro atoms. The van der Waals surface area contributed by atoms with E-state index >= 15 is 0 Å². The van der Waals surface area contributed by atoms with E-state index in [-0.39, 0.29) is 18.8 Å². The highest BCUT2D eigenvalue weighted by Crippen LogP contribution is 2.16. The predicted molar refractivity (Wildman–Crippen MR) is 45.4 cm³/mol. The normalized spacial score (nSPS) is 27.5. The number of hydrogen-bond acceptors (Lipinski definition) is 3. The van der Waals surface area contributed by atoms with Gasteiger partial charge in [-0.25, -0.2) is 0 Å². The van der Waals surface area contributed by atoms with Crippen LogP contribution < -0.4 is 0 Å². The van der Waals surface area contributed by atoms with Crippen molar-refractivity contribution in [3.05, 3.63) is 0 Å². The van der Waals surface area contributed by atoms with Crippen LogP contribution in [0.4, 0.5) is 0 Å². The van der Waals surface area contributed by atoms with Crippen LogP contribution in [-0.2, 0) is 4.74 Å². The lowest BCUT2D eigenvalue weighted by molar-refractivity contribution is 0.0675. The highest BCUT2D eigenvalue weighted by Gasteiger charge is 2.18. The van der Waals surface area contributed by atoms with Crippen molar-refractivity contribution in [1.29, 1.82) is 5.26 Å². The summed E-state index contributed by atoms with van der Waals surface area (Å²) in [5.41, 5.74) is 0. The highest BCUT2D eigenvalue weighted by atomic mass is 16.5. The summed E-state index contributed by atoms with van der Waals surface area (Å²) in [6.07, 6.45) is 7.94. The third kappa shape index (κ3) is 2.38. The number of hydrogen-bond donors (Lipinski definition) is 0. The van der Waals surface area contributed by atoms with E-state index in [9.17, 15) is 0 Å². The topological polar surface area (TPSA) is 45.4 Å². The Bertz CT molecular complexity index is 246. The Morgan fingerprint density at radius 3 is 3.25 bits per heavy atom. The van der Waals surface area contributed by atoms with Crippen LogP contribution in [0.3, 0.4) is 0 Å². The number of terminal acetylenes is 1. The fourth-order valence-electron chi connectivity index (χ4n) is 1.07. The van der Waals surface area contributed by atoms with E-state index in [1.807, 2.05) is 0 Å². The Hall–Kier alpha value is -1.32. The Kier molecular flexibility index (Phi) is 3.32. The van der Waals surface area contributed by atoms with Crippen LogP contribution in [0.5, 0.6) is 0 Å². The second kappa shape index (κ2) is 4.54. The van der Waals surface area contributed by atoms with E-state index in [2.05, 4.69) is 17.0 Å². The number of rotatable bonds is 2. The Morgan fingerprint density at radius 1 is 1.75 bits per heavy atom. The molecule has 0 radical (unpaired) electrons. The van der Waals surface area contributed by atoms with Crippen molar-refractivity contribution in [2.45, 2.75) is 19.1 Å². The zero-order valence-electron chi connectivity index (χ0n) is 6.73. The Balaban J connectivity index is 2.38. The largest absolute Gasteiger partial charge is 0.344 e. The van der Waals surface area contributed by atoms with Crippen LogP contribution >= 0.6 is 0 Å². The molecule has 3 nitrogen and oxygen atoms in total. The maximum atomic E-state index is 8.63. The van der Waals surface area contributed by atoms with Gasteiger partial charge in [0.05, 0.1) is 12.0 Å². The van der Waals surface area contributed by atoms with Gasteiger partial charge in [-0.2, -0.15) is 5.26 Å². The van der Waals surface area contributed by atoms with E-state index in [1.54, 1.807) is 6.21 Å². The zero-order valence-corrected chi connectivity index (χ0v) is 6.73. The van der Waals surface area contributed by atoms with Crippen molar-refractivity contribution in [3.8, 4) is 18.4 Å². The molecule has 0 saturated carbocycles. The molecule has 2 atom stereocenters. The Labute approximate surface area is 72.1 Å². The molecular formula is C9H10N2O. The van der Waals surface area contributed by atoms with Crippen molar-refractivity contribution in [2.75, 3.05) is 6.61 Å². The van der Waals surface area contributed by atoms with Gasteiger partial charge < -0.3 is 4.74 Å². The van der Waals surface area contributed by atoms with Gasteiger partial charge in [-0.3, -0.25) is 4.99 Å². The predicted octanol–water partition coefficient (Wildman–Crippen LogP) is 0.967. The number of ether oxygens (including phenoxy) is 1. The first-order valence-electron chi connectivity index (χ1n) is 3.83. The van der Waals surface area contributed by atoms with E-state index in [0.717, 1.165) is 6.42 Å². The zero-order chi connectivity index (χ0) is 8.81. The summed E-state index contributed by atoms with van der Waals surface area (Å²) >= 11 is 0. The maximum Gasteiger partial charge on any atom is 0.150 e. The first kappa shape index (κ1) is 8.77. The summed E-state index contributed by atoms with van der Waals surface area (Å²) in [4.78, 5) is 4.07. The van der Waals surface area contributed by atoms with Crippen molar-refractivity contribution in [3.63, 3.8) is 0 Å². The molecular weight excluding hydrogens is 152 g/mol. The smallest absolute Gasteiger partial charge is 0.150 e. The van der Waals surface area contributed by atoms with Crippen molar-refractivity contribution < 1.29 is 4.74 Å². The number of nitrogens with zero attached hydrogens (tertiary/aromatic N) is 2. The molecule has 0 aromatic carbocycles. The van der Waals surface area contributed by atoms with Crippen LogP contribution in [0.2, 0.25) is 0 Å². The number of aliphatic imine (C=N–C) groups is 1. The summed E-state index contributed by atoms with van der Waals surface area (Å²) in [5, 5.41) is 8.63. The van der Waals surface area contributed by atoms with Crippen molar-refractivity contribution >= 4 is 6.21 Å². The molecule has 0 saturated heterocycles. The van der Waals surface area contributed by atoms with Crippen molar-refractivity contribution in [1.82, 2.24) is 0 Å². The van der Waals surface area contributed by atoms with Gasteiger partial charge in [0, 0.05) is 12.6 Å². The van der Waals surface area contributed by atoms with E-state index in [1.165, 1.54) is 0 Å². The van der Waals surface area contributed by atoms with Crippen molar-refractivity contribution in [2.24, 2.45) is 10.9 Å². The van der Waals surface area contributed by atoms with Crippen LogP contribution in [-0.4, -0.2) is 19.0 Å². The van der Waals surface area contributed by atoms with Crippen LogP contribution in [0.15, 0.2) is 4.99 Å². The molecule has 0 fully saturated rings. The van der Waals surface area contributed by atoms with Crippen LogP contribution in [0.25, 0.3) is 0 Å². The van der Waals surface area contributed by atoms with Gasteiger partial charge in [0.1, 0.15) is 12.8 Å². The van der Waals surface area contributed by atoms with E-state index in [0.29, 0.717) is 6.42 Å². The lowest BCUT2D eigenvalue weighted by Crippen LogP contribution is -2.19. The van der Waals surface area contributed by atoms with E-state index < -0.39 is 0 Å². The molecule has 1 heterocycles. The van der Waals surface area contributed by atoms with Gasteiger partial charge in [0.2, 0.25) is 0 Å². The molecule has 62 valence electrons. The summed E-state index contributed by atoms with van der Waals surface area (Å²) in [6, 6.07) is 2.19. The molecule has 1 aliphatic rings. The minimum Gasteiger partial charge on any atom is -0.344 e. The minimum atomic E-state index is -0.209. The average molecular weight is 162 g/mol. The molecule has 12 heavy (non-hydrogen) atoms. The lowest BCUT2D eigenvalue weighted by Gasteiger charge is -2.18. The molecule has 0 bridgehead atoms. The third-order valence-corrected chi connectivity index (χ3v) is 1.69. The third-order valence-electron chi connectivity index (χ3n) is 1.69. The fourth-order valence-corrected chi connectivity index (χ4v) is 1.07. The van der Waals surface area contributed by atoms with Gasteiger partial charge in [-0.15, -0.1) is 6.42 Å². The second-order valence-corrected chi connectivity index (χ2v) is 2.60. The molecule has 2 unspecified atom stereocenters. The molecule has 0 amide bonds.